The summed E-state index contributed by atoms with van der Waals surface area (Å²) in [7, 11) is 0. The summed E-state index contributed by atoms with van der Waals surface area (Å²) in [6.07, 6.45) is 0.724. The second-order valence-corrected chi connectivity index (χ2v) is 5.85. The first-order valence-corrected chi connectivity index (χ1v) is 8.73. The van der Waals surface area contributed by atoms with Crippen LogP contribution in [0.25, 0.3) is 0 Å². The van der Waals surface area contributed by atoms with Gasteiger partial charge in [-0.15, -0.1) is 0 Å². The van der Waals surface area contributed by atoms with Crippen molar-refractivity contribution in [2.45, 2.75) is 26.4 Å². The molecule has 1 aromatic carbocycles. The topological polar surface area (TPSA) is 60.5 Å². The highest BCUT2D eigenvalue weighted by atomic mass is 35.5. The zero-order chi connectivity index (χ0) is 18.1. The molecule has 1 N–H and O–H groups in total. The molecule has 0 radical (unpaired) electrons. The molecule has 0 aliphatic carbocycles. The van der Waals surface area contributed by atoms with Gasteiger partial charge in [-0.1, -0.05) is 41.9 Å². The van der Waals surface area contributed by atoms with Crippen molar-refractivity contribution in [3.05, 3.63) is 58.7 Å². The van der Waals surface area contributed by atoms with Gasteiger partial charge in [0.1, 0.15) is 0 Å². The van der Waals surface area contributed by atoms with Crippen molar-refractivity contribution in [2.24, 2.45) is 0 Å². The summed E-state index contributed by atoms with van der Waals surface area (Å²) in [6.45, 7) is 5.38. The monoisotopic (exact) mass is 362 g/mol. The van der Waals surface area contributed by atoms with Gasteiger partial charge in [0.05, 0.1) is 17.7 Å². The second-order valence-electron chi connectivity index (χ2n) is 5.45. The Morgan fingerprint density at radius 1 is 1.24 bits per heavy atom. The number of hydrogen-bond donors (Lipinski definition) is 1. The molecule has 1 heterocycles. The number of ether oxygens (including phenoxy) is 2. The summed E-state index contributed by atoms with van der Waals surface area (Å²) in [5, 5.41) is 3.10. The number of amides is 1. The van der Waals surface area contributed by atoms with Crippen molar-refractivity contribution in [2.75, 3.05) is 19.8 Å². The van der Waals surface area contributed by atoms with Crippen molar-refractivity contribution < 1.29 is 14.3 Å². The first kappa shape index (κ1) is 19.2. The van der Waals surface area contributed by atoms with E-state index in [4.69, 9.17) is 21.1 Å². The third kappa shape index (κ3) is 6.03. The summed E-state index contributed by atoms with van der Waals surface area (Å²) in [5.74, 6) is 0.0692. The molecule has 2 rings (SSSR count). The van der Waals surface area contributed by atoms with E-state index in [0.29, 0.717) is 37.1 Å². The number of rotatable bonds is 9. The largest absolute Gasteiger partial charge is 0.478 e. The fourth-order valence-electron chi connectivity index (χ4n) is 2.25. The van der Waals surface area contributed by atoms with E-state index in [1.807, 2.05) is 44.2 Å². The van der Waals surface area contributed by atoms with Crippen molar-refractivity contribution in [1.29, 1.82) is 0 Å². The number of carbonyl (C=O) groups excluding carboxylic acids is 1. The Hall–Kier alpha value is -2.11. The van der Waals surface area contributed by atoms with E-state index < -0.39 is 0 Å². The maximum Gasteiger partial charge on any atom is 0.271 e. The molecule has 0 fully saturated rings. The first-order chi connectivity index (χ1) is 12.1. The third-order valence-electron chi connectivity index (χ3n) is 3.57. The molecular weight excluding hydrogens is 340 g/mol. The lowest BCUT2D eigenvalue weighted by molar-refractivity contribution is 0.0634. The van der Waals surface area contributed by atoms with E-state index in [9.17, 15) is 4.79 Å². The molecule has 25 heavy (non-hydrogen) atoms. The third-order valence-corrected chi connectivity index (χ3v) is 3.88. The fraction of sp³-hybridized carbons (Fsp3) is 0.368. The van der Waals surface area contributed by atoms with Gasteiger partial charge in [-0.3, -0.25) is 4.79 Å². The summed E-state index contributed by atoms with van der Waals surface area (Å²) < 4.78 is 11.1. The molecule has 0 aliphatic heterocycles. The molecule has 0 saturated carbocycles. The van der Waals surface area contributed by atoms with Crippen molar-refractivity contribution in [3.63, 3.8) is 0 Å². The van der Waals surface area contributed by atoms with Crippen LogP contribution in [0.3, 0.4) is 0 Å². The standard InChI is InChI=1S/C19H23ClN2O3/c1-3-24-17-11-10-16(20)18(22-17)19(23)21-12-7-13-25-14(2)15-8-5-4-6-9-15/h4-6,8-11,14H,3,7,12-13H2,1-2H3,(H,21,23). The van der Waals surface area contributed by atoms with Gasteiger partial charge in [-0.05, 0) is 31.9 Å². The second kappa shape index (κ2) is 10.0. The molecule has 134 valence electrons. The number of nitrogens with one attached hydrogen (secondary N) is 1. The lowest BCUT2D eigenvalue weighted by atomic mass is 10.1. The van der Waals surface area contributed by atoms with Crippen LogP contribution in [-0.4, -0.2) is 30.6 Å². The zero-order valence-corrected chi connectivity index (χ0v) is 15.3. The Bertz CT molecular complexity index is 680. The van der Waals surface area contributed by atoms with Crippen LogP contribution in [0, 0.1) is 0 Å². The van der Waals surface area contributed by atoms with Crippen LogP contribution < -0.4 is 10.1 Å². The molecule has 1 aromatic heterocycles. The van der Waals surface area contributed by atoms with Gasteiger partial charge < -0.3 is 14.8 Å². The fourth-order valence-corrected chi connectivity index (χ4v) is 2.44. The van der Waals surface area contributed by atoms with Crippen molar-refractivity contribution in [3.8, 4) is 5.88 Å². The quantitative estimate of drug-likeness (QED) is 0.684. The SMILES string of the molecule is CCOc1ccc(Cl)c(C(=O)NCCCOC(C)c2ccccc2)n1. The van der Waals surface area contributed by atoms with Crippen LogP contribution >= 0.6 is 11.6 Å². The minimum atomic E-state index is -0.317. The van der Waals surface area contributed by atoms with Crippen molar-refractivity contribution in [1.82, 2.24) is 10.3 Å². The molecule has 1 atom stereocenters. The van der Waals surface area contributed by atoms with Crippen LogP contribution in [-0.2, 0) is 4.74 Å². The smallest absolute Gasteiger partial charge is 0.271 e. The van der Waals surface area contributed by atoms with Gasteiger partial charge >= 0.3 is 0 Å². The lowest BCUT2D eigenvalue weighted by Gasteiger charge is -2.13. The molecule has 0 saturated heterocycles. The summed E-state index contributed by atoms with van der Waals surface area (Å²) >= 11 is 6.04. The predicted molar refractivity (Wildman–Crippen MR) is 98.2 cm³/mol. The normalized spacial score (nSPS) is 11.8. The Balaban J connectivity index is 1.74. The minimum Gasteiger partial charge on any atom is -0.478 e. The summed E-state index contributed by atoms with van der Waals surface area (Å²) in [6, 6.07) is 13.3. The van der Waals surface area contributed by atoms with Crippen LogP contribution in [0.2, 0.25) is 5.02 Å². The molecule has 0 bridgehead atoms. The lowest BCUT2D eigenvalue weighted by Crippen LogP contribution is -2.26. The van der Waals surface area contributed by atoms with Gasteiger partial charge in [-0.2, -0.15) is 0 Å². The van der Waals surface area contributed by atoms with E-state index in [-0.39, 0.29) is 17.7 Å². The molecule has 6 heteroatoms. The first-order valence-electron chi connectivity index (χ1n) is 8.36. The van der Waals surface area contributed by atoms with Crippen LogP contribution in [0.1, 0.15) is 42.4 Å². The number of halogens is 1. The zero-order valence-electron chi connectivity index (χ0n) is 14.5. The minimum absolute atomic E-state index is 0.0240. The predicted octanol–water partition coefficient (Wildman–Crippen LogP) is 4.03. The van der Waals surface area contributed by atoms with Crippen molar-refractivity contribution >= 4 is 17.5 Å². The average molecular weight is 363 g/mol. The van der Waals surface area contributed by atoms with E-state index in [2.05, 4.69) is 10.3 Å². The molecule has 5 nitrogen and oxygen atoms in total. The average Bonchev–Trinajstić information content (AvgIpc) is 2.63. The highest BCUT2D eigenvalue weighted by molar-refractivity contribution is 6.33. The van der Waals surface area contributed by atoms with Crippen LogP contribution in [0.5, 0.6) is 5.88 Å². The Labute approximate surface area is 153 Å². The molecule has 0 spiro atoms. The van der Waals surface area contributed by atoms with Crippen LogP contribution in [0.15, 0.2) is 42.5 Å². The van der Waals surface area contributed by atoms with Gasteiger partial charge in [-0.25, -0.2) is 4.98 Å². The van der Waals surface area contributed by atoms with E-state index in [1.165, 1.54) is 0 Å². The van der Waals surface area contributed by atoms with Gasteiger partial charge in [0.2, 0.25) is 5.88 Å². The number of aromatic nitrogens is 1. The molecule has 1 amide bonds. The van der Waals surface area contributed by atoms with E-state index in [0.717, 1.165) is 5.56 Å². The van der Waals surface area contributed by atoms with E-state index in [1.54, 1.807) is 12.1 Å². The maximum atomic E-state index is 12.2. The number of nitrogens with zero attached hydrogens (tertiary/aromatic N) is 1. The summed E-state index contributed by atoms with van der Waals surface area (Å²) in [5.41, 5.74) is 1.31. The Morgan fingerprint density at radius 3 is 2.72 bits per heavy atom. The number of hydrogen-bond acceptors (Lipinski definition) is 4. The molecule has 0 aliphatic rings. The number of benzene rings is 1. The van der Waals surface area contributed by atoms with Gasteiger partial charge in [0.25, 0.3) is 5.91 Å². The summed E-state index contributed by atoms with van der Waals surface area (Å²) in [4.78, 5) is 16.3. The van der Waals surface area contributed by atoms with Crippen LogP contribution in [0.4, 0.5) is 0 Å². The maximum absolute atomic E-state index is 12.2. The number of pyridine rings is 1. The molecule has 2 aromatic rings. The van der Waals surface area contributed by atoms with E-state index >= 15 is 0 Å². The van der Waals surface area contributed by atoms with Gasteiger partial charge in [0, 0.05) is 19.2 Å². The Morgan fingerprint density at radius 2 is 2.00 bits per heavy atom. The Kier molecular flexibility index (Phi) is 7.70. The molecule has 1 unspecified atom stereocenters. The highest BCUT2D eigenvalue weighted by Crippen LogP contribution is 2.18. The highest BCUT2D eigenvalue weighted by Gasteiger charge is 2.13. The molecular formula is C19H23ClN2O3. The number of carbonyl (C=O) groups is 1. The van der Waals surface area contributed by atoms with Gasteiger partial charge in [0.15, 0.2) is 5.69 Å².